The topological polar surface area (TPSA) is 12.9 Å². The van der Waals surface area contributed by atoms with E-state index in [4.69, 9.17) is 28.2 Å². The molecule has 0 aliphatic carbocycles. The molecule has 0 saturated heterocycles. The minimum Gasteiger partial charge on any atom is -0.248 e. The summed E-state index contributed by atoms with van der Waals surface area (Å²) < 4.78 is 0. The highest BCUT2D eigenvalue weighted by Crippen LogP contribution is 2.35. The molecule has 0 saturated carbocycles. The number of benzene rings is 3. The molecular weight excluding hydrogens is 325 g/mol. The lowest BCUT2D eigenvalue weighted by molar-refractivity contribution is 1.39. The van der Waals surface area contributed by atoms with Gasteiger partial charge in [-0.25, -0.2) is 4.98 Å². The second-order valence-corrected chi connectivity index (χ2v) is 6.47. The van der Waals surface area contributed by atoms with Gasteiger partial charge in [-0.15, -0.1) is 0 Å². The minimum atomic E-state index is 0.626. The van der Waals surface area contributed by atoms with Crippen molar-refractivity contribution >= 4 is 44.9 Å². The number of aromatic nitrogens is 1. The van der Waals surface area contributed by atoms with Crippen LogP contribution in [0.1, 0.15) is 5.56 Å². The summed E-state index contributed by atoms with van der Waals surface area (Å²) in [4.78, 5) is 4.79. The lowest BCUT2D eigenvalue weighted by Crippen LogP contribution is -1.90. The molecule has 0 aliphatic rings. The van der Waals surface area contributed by atoms with Gasteiger partial charge in [0.05, 0.1) is 21.3 Å². The Morgan fingerprint density at radius 1 is 0.826 bits per heavy atom. The maximum Gasteiger partial charge on any atom is 0.0739 e. The number of aryl methyl sites for hydroxylation is 1. The molecule has 23 heavy (non-hydrogen) atoms. The lowest BCUT2D eigenvalue weighted by atomic mass is 9.98. The van der Waals surface area contributed by atoms with Gasteiger partial charge in [-0.3, -0.25) is 0 Å². The molecular formula is C20H13Cl2N. The second kappa shape index (κ2) is 5.52. The van der Waals surface area contributed by atoms with Gasteiger partial charge in [0.25, 0.3) is 0 Å². The van der Waals surface area contributed by atoms with E-state index in [9.17, 15) is 0 Å². The van der Waals surface area contributed by atoms with E-state index in [-0.39, 0.29) is 0 Å². The zero-order valence-electron chi connectivity index (χ0n) is 12.5. The van der Waals surface area contributed by atoms with Gasteiger partial charge in [0.1, 0.15) is 0 Å². The van der Waals surface area contributed by atoms with Crippen molar-refractivity contribution in [1.29, 1.82) is 0 Å². The highest BCUT2D eigenvalue weighted by molar-refractivity contribution is 6.42. The van der Waals surface area contributed by atoms with E-state index in [0.717, 1.165) is 22.2 Å². The van der Waals surface area contributed by atoms with E-state index < -0.39 is 0 Å². The lowest BCUT2D eigenvalue weighted by Gasteiger charge is -2.11. The van der Waals surface area contributed by atoms with Crippen LogP contribution in [0, 0.1) is 6.92 Å². The Balaban J connectivity index is 2.07. The third-order valence-corrected chi connectivity index (χ3v) is 4.63. The molecule has 0 bridgehead atoms. The molecule has 0 amide bonds. The molecule has 0 spiro atoms. The highest BCUT2D eigenvalue weighted by atomic mass is 35.5. The summed E-state index contributed by atoms with van der Waals surface area (Å²) in [6.07, 6.45) is 0. The normalized spacial score (nSPS) is 11.3. The minimum absolute atomic E-state index is 0.626. The van der Waals surface area contributed by atoms with Crippen molar-refractivity contribution < 1.29 is 0 Å². The van der Waals surface area contributed by atoms with E-state index >= 15 is 0 Å². The highest BCUT2D eigenvalue weighted by Gasteiger charge is 2.11. The molecule has 0 N–H and O–H groups in total. The SMILES string of the molecule is Cc1cc(-c2cc(Cl)c3c(Cl)cccc3n2)c2ccccc2c1. The first-order valence-electron chi connectivity index (χ1n) is 7.38. The van der Waals surface area contributed by atoms with Crippen LogP contribution >= 0.6 is 23.2 Å². The summed E-state index contributed by atoms with van der Waals surface area (Å²) in [6, 6.07) is 20.2. The Labute approximate surface area is 144 Å². The largest absolute Gasteiger partial charge is 0.248 e. The van der Waals surface area contributed by atoms with Gasteiger partial charge in [-0.2, -0.15) is 0 Å². The van der Waals surface area contributed by atoms with Crippen molar-refractivity contribution in [1.82, 2.24) is 4.98 Å². The number of nitrogens with zero attached hydrogens (tertiary/aromatic N) is 1. The quantitative estimate of drug-likeness (QED) is 0.378. The molecule has 4 aromatic rings. The summed E-state index contributed by atoms with van der Waals surface area (Å²) in [6.45, 7) is 2.09. The Kier molecular flexibility index (Phi) is 3.48. The molecule has 0 atom stereocenters. The Hall–Kier alpha value is -2.09. The zero-order valence-corrected chi connectivity index (χ0v) is 14.0. The van der Waals surface area contributed by atoms with Crippen LogP contribution in [0.25, 0.3) is 32.9 Å². The summed E-state index contributed by atoms with van der Waals surface area (Å²) in [7, 11) is 0. The molecule has 1 heterocycles. The van der Waals surface area contributed by atoms with Crippen LogP contribution in [0.3, 0.4) is 0 Å². The molecule has 0 radical (unpaired) electrons. The summed E-state index contributed by atoms with van der Waals surface area (Å²) in [5.74, 6) is 0. The van der Waals surface area contributed by atoms with Crippen molar-refractivity contribution in [2.75, 3.05) is 0 Å². The van der Waals surface area contributed by atoms with Crippen LogP contribution in [0.2, 0.25) is 10.0 Å². The summed E-state index contributed by atoms with van der Waals surface area (Å²) in [5, 5.41) is 4.42. The van der Waals surface area contributed by atoms with Gasteiger partial charge in [-0.05, 0) is 47.5 Å². The van der Waals surface area contributed by atoms with Crippen LogP contribution in [0.15, 0.2) is 60.7 Å². The first kappa shape index (κ1) is 14.5. The third kappa shape index (κ3) is 2.46. The standard InChI is InChI=1S/C20H13Cl2N/c1-12-9-13-5-2-3-6-14(13)15(10-12)19-11-17(22)20-16(21)7-4-8-18(20)23-19/h2-11H,1H3. The van der Waals surface area contributed by atoms with Crippen molar-refractivity contribution in [3.8, 4) is 11.3 Å². The van der Waals surface area contributed by atoms with Gasteiger partial charge in [0, 0.05) is 10.9 Å². The van der Waals surface area contributed by atoms with Crippen LogP contribution in [-0.2, 0) is 0 Å². The molecule has 0 unspecified atom stereocenters. The maximum absolute atomic E-state index is 6.48. The van der Waals surface area contributed by atoms with Gasteiger partial charge in [0.15, 0.2) is 0 Å². The fourth-order valence-electron chi connectivity index (χ4n) is 3.01. The predicted octanol–water partition coefficient (Wildman–Crippen LogP) is 6.67. The molecule has 1 nitrogen and oxygen atoms in total. The van der Waals surface area contributed by atoms with Crippen molar-refractivity contribution in [3.63, 3.8) is 0 Å². The van der Waals surface area contributed by atoms with Crippen molar-refractivity contribution in [2.45, 2.75) is 6.92 Å². The average Bonchev–Trinajstić information content (AvgIpc) is 2.53. The van der Waals surface area contributed by atoms with Crippen LogP contribution < -0.4 is 0 Å². The van der Waals surface area contributed by atoms with E-state index in [1.807, 2.05) is 36.4 Å². The summed E-state index contributed by atoms with van der Waals surface area (Å²) in [5.41, 5.74) is 3.96. The molecule has 1 aromatic heterocycles. The molecule has 0 fully saturated rings. The average molecular weight is 338 g/mol. The number of halogens is 2. The number of pyridine rings is 1. The fourth-order valence-corrected chi connectivity index (χ4v) is 3.63. The number of hydrogen-bond donors (Lipinski definition) is 0. The number of rotatable bonds is 1. The Morgan fingerprint density at radius 2 is 1.65 bits per heavy atom. The van der Waals surface area contributed by atoms with E-state index in [1.54, 1.807) is 0 Å². The third-order valence-electron chi connectivity index (χ3n) is 4.02. The van der Waals surface area contributed by atoms with Crippen molar-refractivity contribution in [3.05, 3.63) is 76.3 Å². The van der Waals surface area contributed by atoms with E-state index in [0.29, 0.717) is 10.0 Å². The molecule has 4 rings (SSSR count). The molecule has 3 heteroatoms. The smallest absolute Gasteiger partial charge is 0.0739 e. The molecule has 0 aliphatic heterocycles. The van der Waals surface area contributed by atoms with E-state index in [1.165, 1.54) is 16.3 Å². The maximum atomic E-state index is 6.48. The Bertz CT molecular complexity index is 1050. The fraction of sp³-hybridized carbons (Fsp3) is 0.0500. The predicted molar refractivity (Wildman–Crippen MR) is 99.4 cm³/mol. The van der Waals surface area contributed by atoms with E-state index in [2.05, 4.69) is 31.2 Å². The number of hydrogen-bond acceptors (Lipinski definition) is 1. The van der Waals surface area contributed by atoms with Crippen LogP contribution in [0.4, 0.5) is 0 Å². The van der Waals surface area contributed by atoms with Crippen LogP contribution in [-0.4, -0.2) is 4.98 Å². The van der Waals surface area contributed by atoms with Crippen molar-refractivity contribution in [2.24, 2.45) is 0 Å². The number of fused-ring (bicyclic) bond motifs is 2. The Morgan fingerprint density at radius 3 is 2.52 bits per heavy atom. The van der Waals surface area contributed by atoms with Crippen LogP contribution in [0.5, 0.6) is 0 Å². The monoisotopic (exact) mass is 337 g/mol. The van der Waals surface area contributed by atoms with Gasteiger partial charge >= 0.3 is 0 Å². The first-order chi connectivity index (χ1) is 11.1. The van der Waals surface area contributed by atoms with Gasteiger partial charge in [0.2, 0.25) is 0 Å². The second-order valence-electron chi connectivity index (χ2n) is 5.66. The summed E-state index contributed by atoms with van der Waals surface area (Å²) >= 11 is 12.7. The molecule has 112 valence electrons. The molecule has 3 aromatic carbocycles. The van der Waals surface area contributed by atoms with Gasteiger partial charge < -0.3 is 0 Å². The zero-order chi connectivity index (χ0) is 16.0. The van der Waals surface area contributed by atoms with Gasteiger partial charge in [-0.1, -0.05) is 59.6 Å². The first-order valence-corrected chi connectivity index (χ1v) is 8.13.